The van der Waals surface area contributed by atoms with E-state index in [0.717, 1.165) is 29.9 Å². The van der Waals surface area contributed by atoms with E-state index in [1.165, 1.54) is 44.6 Å². The highest BCUT2D eigenvalue weighted by Crippen LogP contribution is 2.59. The van der Waals surface area contributed by atoms with Gasteiger partial charge >= 0.3 is 6.03 Å². The summed E-state index contributed by atoms with van der Waals surface area (Å²) in [5, 5.41) is 7.90. The number of halogens is 2. The van der Waals surface area contributed by atoms with Gasteiger partial charge in [-0.3, -0.25) is 4.79 Å². The van der Waals surface area contributed by atoms with Crippen LogP contribution in [0.2, 0.25) is 0 Å². The fourth-order valence-electron chi connectivity index (χ4n) is 5.78. The minimum absolute atomic E-state index is 0.148. The second-order valence-corrected chi connectivity index (χ2v) is 8.63. The van der Waals surface area contributed by atoms with Gasteiger partial charge < -0.3 is 16.0 Å². The van der Waals surface area contributed by atoms with E-state index in [9.17, 15) is 18.4 Å². The van der Waals surface area contributed by atoms with E-state index in [1.54, 1.807) is 0 Å². The maximum atomic E-state index is 13.1. The molecule has 4 aliphatic rings. The van der Waals surface area contributed by atoms with Gasteiger partial charge in [0.05, 0.1) is 6.54 Å². The van der Waals surface area contributed by atoms with E-state index in [2.05, 4.69) is 16.0 Å². The maximum Gasteiger partial charge on any atom is 0.315 e. The zero-order valence-electron chi connectivity index (χ0n) is 15.2. The summed E-state index contributed by atoms with van der Waals surface area (Å²) in [6.45, 7) is 0.429. The molecule has 146 valence electrons. The number of nitrogens with one attached hydrogen (secondary N) is 3. The van der Waals surface area contributed by atoms with Crippen molar-refractivity contribution in [2.45, 2.75) is 38.5 Å². The number of rotatable bonds is 5. The number of urea groups is 1. The fourth-order valence-corrected chi connectivity index (χ4v) is 5.78. The SMILES string of the molecule is O=C(CNC(=O)NCC12CC3CC(CC(C3)C1)C2)Nc1ccc(F)c(F)c1. The third kappa shape index (κ3) is 4.06. The van der Waals surface area contributed by atoms with Gasteiger partial charge in [-0.25, -0.2) is 13.6 Å². The number of hydrogen-bond donors (Lipinski definition) is 3. The quantitative estimate of drug-likeness (QED) is 0.736. The average Bonchev–Trinajstić information content (AvgIpc) is 2.60. The van der Waals surface area contributed by atoms with Crippen molar-refractivity contribution < 1.29 is 18.4 Å². The summed E-state index contributed by atoms with van der Waals surface area (Å²) in [6.07, 6.45) is 7.68. The molecule has 0 aliphatic heterocycles. The first-order valence-corrected chi connectivity index (χ1v) is 9.67. The Kier molecular flexibility index (Phi) is 4.78. The second kappa shape index (κ2) is 7.09. The van der Waals surface area contributed by atoms with Crippen LogP contribution in [-0.2, 0) is 4.79 Å². The van der Waals surface area contributed by atoms with Crippen LogP contribution in [0.15, 0.2) is 18.2 Å². The molecule has 7 heteroatoms. The number of carbonyl (C=O) groups excluding carboxylic acids is 2. The molecule has 4 saturated carbocycles. The van der Waals surface area contributed by atoms with Crippen LogP contribution in [0.4, 0.5) is 19.3 Å². The molecule has 27 heavy (non-hydrogen) atoms. The van der Waals surface area contributed by atoms with Crippen molar-refractivity contribution in [2.24, 2.45) is 23.2 Å². The molecular weight excluding hydrogens is 352 g/mol. The van der Waals surface area contributed by atoms with Crippen LogP contribution in [0.3, 0.4) is 0 Å². The van der Waals surface area contributed by atoms with Crippen LogP contribution in [0.5, 0.6) is 0 Å². The van der Waals surface area contributed by atoms with Crippen molar-refractivity contribution in [1.82, 2.24) is 10.6 Å². The average molecular weight is 377 g/mol. The Balaban J connectivity index is 1.22. The predicted octanol–water partition coefficient (Wildman–Crippen LogP) is 3.42. The smallest absolute Gasteiger partial charge is 0.315 e. The van der Waals surface area contributed by atoms with Gasteiger partial charge in [0.25, 0.3) is 0 Å². The van der Waals surface area contributed by atoms with Crippen molar-refractivity contribution in [1.29, 1.82) is 0 Å². The van der Waals surface area contributed by atoms with Crippen molar-refractivity contribution >= 4 is 17.6 Å². The van der Waals surface area contributed by atoms with Gasteiger partial charge in [0.2, 0.25) is 5.91 Å². The van der Waals surface area contributed by atoms with E-state index >= 15 is 0 Å². The first kappa shape index (κ1) is 18.2. The summed E-state index contributed by atoms with van der Waals surface area (Å²) in [5.74, 6) is -0.0378. The number of anilines is 1. The number of carbonyl (C=O) groups is 2. The van der Waals surface area contributed by atoms with Crippen molar-refractivity contribution in [3.63, 3.8) is 0 Å². The Morgan fingerprint density at radius 3 is 2.19 bits per heavy atom. The molecule has 5 nitrogen and oxygen atoms in total. The molecule has 0 spiro atoms. The minimum Gasteiger partial charge on any atom is -0.338 e. The Morgan fingerprint density at radius 1 is 0.963 bits per heavy atom. The molecule has 0 aromatic heterocycles. The van der Waals surface area contributed by atoms with E-state index in [-0.39, 0.29) is 23.7 Å². The number of benzene rings is 1. The van der Waals surface area contributed by atoms with Crippen LogP contribution >= 0.6 is 0 Å². The lowest BCUT2D eigenvalue weighted by Crippen LogP contribution is -2.52. The van der Waals surface area contributed by atoms with E-state index in [0.29, 0.717) is 6.54 Å². The second-order valence-electron chi connectivity index (χ2n) is 8.63. The van der Waals surface area contributed by atoms with E-state index in [4.69, 9.17) is 0 Å². The van der Waals surface area contributed by atoms with Crippen LogP contribution in [-0.4, -0.2) is 25.0 Å². The van der Waals surface area contributed by atoms with Crippen LogP contribution in [0.25, 0.3) is 0 Å². The third-order valence-corrected chi connectivity index (χ3v) is 6.40. The summed E-state index contributed by atoms with van der Waals surface area (Å²) in [6, 6.07) is 2.74. The van der Waals surface area contributed by atoms with Crippen molar-refractivity contribution in [3.05, 3.63) is 29.8 Å². The third-order valence-electron chi connectivity index (χ3n) is 6.40. The Bertz CT molecular complexity index is 717. The molecule has 1 aromatic rings. The van der Waals surface area contributed by atoms with E-state index in [1.807, 2.05) is 0 Å². The lowest BCUT2D eigenvalue weighted by molar-refractivity contribution is -0.115. The van der Waals surface area contributed by atoms with Gasteiger partial charge in [0.1, 0.15) is 0 Å². The maximum absolute atomic E-state index is 13.1. The largest absolute Gasteiger partial charge is 0.338 e. The Labute approximate surface area is 157 Å². The van der Waals surface area contributed by atoms with Crippen LogP contribution in [0, 0.1) is 34.8 Å². The van der Waals surface area contributed by atoms with Gasteiger partial charge in [-0.2, -0.15) is 0 Å². The first-order chi connectivity index (χ1) is 12.9. The lowest BCUT2D eigenvalue weighted by atomic mass is 9.49. The van der Waals surface area contributed by atoms with Gasteiger partial charge in [-0.05, 0) is 73.8 Å². The molecule has 0 heterocycles. The zero-order chi connectivity index (χ0) is 19.0. The van der Waals surface area contributed by atoms with Crippen LogP contribution in [0.1, 0.15) is 38.5 Å². The Hall–Kier alpha value is -2.18. The van der Waals surface area contributed by atoms with Crippen LogP contribution < -0.4 is 16.0 Å². The van der Waals surface area contributed by atoms with Gasteiger partial charge in [0, 0.05) is 18.3 Å². The molecule has 0 radical (unpaired) electrons. The van der Waals surface area contributed by atoms with Crippen molar-refractivity contribution in [2.75, 3.05) is 18.4 Å². The summed E-state index contributed by atoms with van der Waals surface area (Å²) < 4.78 is 26.0. The molecule has 4 fully saturated rings. The molecule has 4 aliphatic carbocycles. The van der Waals surface area contributed by atoms with Gasteiger partial charge in [0.15, 0.2) is 11.6 Å². The van der Waals surface area contributed by atoms with Crippen molar-refractivity contribution in [3.8, 4) is 0 Å². The molecule has 0 unspecified atom stereocenters. The highest BCUT2D eigenvalue weighted by molar-refractivity contribution is 5.94. The summed E-state index contributed by atoms with van der Waals surface area (Å²) in [4.78, 5) is 23.9. The highest BCUT2D eigenvalue weighted by Gasteiger charge is 2.50. The minimum atomic E-state index is -1.03. The first-order valence-electron chi connectivity index (χ1n) is 9.67. The summed E-state index contributed by atoms with van der Waals surface area (Å²) in [7, 11) is 0. The molecule has 4 bridgehead atoms. The van der Waals surface area contributed by atoms with Gasteiger partial charge in [-0.1, -0.05) is 0 Å². The summed E-state index contributed by atoms with van der Waals surface area (Å²) >= 11 is 0. The number of hydrogen-bond acceptors (Lipinski definition) is 2. The predicted molar refractivity (Wildman–Crippen MR) is 97.0 cm³/mol. The molecule has 3 amide bonds. The molecule has 0 saturated heterocycles. The molecule has 0 atom stereocenters. The summed E-state index contributed by atoms with van der Waals surface area (Å²) in [5.41, 5.74) is 0.384. The molecule has 1 aromatic carbocycles. The fraction of sp³-hybridized carbons (Fsp3) is 0.600. The Morgan fingerprint density at radius 2 is 1.59 bits per heavy atom. The normalized spacial score (nSPS) is 30.8. The number of amides is 3. The molecule has 5 rings (SSSR count). The van der Waals surface area contributed by atoms with E-state index < -0.39 is 17.5 Å². The molecule has 3 N–H and O–H groups in total. The monoisotopic (exact) mass is 377 g/mol. The molecular formula is C20H25F2N3O2. The van der Waals surface area contributed by atoms with Gasteiger partial charge in [-0.15, -0.1) is 0 Å². The lowest BCUT2D eigenvalue weighted by Gasteiger charge is -2.56. The zero-order valence-corrected chi connectivity index (χ0v) is 15.2. The topological polar surface area (TPSA) is 70.2 Å². The highest BCUT2D eigenvalue weighted by atomic mass is 19.2. The standard InChI is InChI=1S/C20H25F2N3O2/c21-16-2-1-15(6-17(16)22)25-18(26)10-23-19(27)24-11-20-7-12-3-13(8-20)5-14(4-12)9-20/h1-2,6,12-14H,3-5,7-11H2,(H,25,26)(H2,23,24,27).